The second-order valence-corrected chi connectivity index (χ2v) is 6.21. The van der Waals surface area contributed by atoms with Crippen molar-refractivity contribution in [3.63, 3.8) is 0 Å². The van der Waals surface area contributed by atoms with E-state index in [0.29, 0.717) is 12.4 Å². The highest BCUT2D eigenvalue weighted by molar-refractivity contribution is 9.10. The van der Waals surface area contributed by atoms with E-state index < -0.39 is 0 Å². The molecule has 1 heterocycles. The van der Waals surface area contributed by atoms with Crippen LogP contribution in [0.5, 0.6) is 0 Å². The van der Waals surface area contributed by atoms with E-state index in [0.717, 1.165) is 15.6 Å². The van der Waals surface area contributed by atoms with Gasteiger partial charge in [0.1, 0.15) is 6.54 Å². The molecular formula is C17H16BrN5O. The van der Waals surface area contributed by atoms with Crippen molar-refractivity contribution in [2.75, 3.05) is 7.05 Å². The number of hydrogen-bond acceptors (Lipinski definition) is 4. The quantitative estimate of drug-likeness (QED) is 0.677. The van der Waals surface area contributed by atoms with Crippen LogP contribution in [0.2, 0.25) is 0 Å². The van der Waals surface area contributed by atoms with Crippen LogP contribution in [-0.2, 0) is 17.9 Å². The van der Waals surface area contributed by atoms with Gasteiger partial charge < -0.3 is 4.90 Å². The number of aromatic nitrogens is 4. The number of benzene rings is 2. The third-order valence-corrected chi connectivity index (χ3v) is 4.33. The van der Waals surface area contributed by atoms with Crippen molar-refractivity contribution >= 4 is 21.8 Å². The van der Waals surface area contributed by atoms with Crippen molar-refractivity contribution in [3.8, 4) is 11.4 Å². The summed E-state index contributed by atoms with van der Waals surface area (Å²) in [6, 6.07) is 17.4. The predicted molar refractivity (Wildman–Crippen MR) is 93.9 cm³/mol. The number of amides is 1. The average Bonchev–Trinajstić information content (AvgIpc) is 3.06. The molecule has 0 fully saturated rings. The first-order chi connectivity index (χ1) is 11.6. The van der Waals surface area contributed by atoms with E-state index >= 15 is 0 Å². The number of likely N-dealkylation sites (N-methyl/N-ethyl adjacent to an activating group) is 1. The van der Waals surface area contributed by atoms with Gasteiger partial charge in [0, 0.05) is 23.6 Å². The van der Waals surface area contributed by atoms with Crippen LogP contribution in [0.4, 0.5) is 0 Å². The van der Waals surface area contributed by atoms with Crippen LogP contribution >= 0.6 is 15.9 Å². The third kappa shape index (κ3) is 3.86. The molecular weight excluding hydrogens is 370 g/mol. The zero-order chi connectivity index (χ0) is 16.9. The molecule has 6 nitrogen and oxygen atoms in total. The van der Waals surface area contributed by atoms with Gasteiger partial charge in [0.15, 0.2) is 0 Å². The fraction of sp³-hybridized carbons (Fsp3) is 0.176. The number of hydrogen-bond donors (Lipinski definition) is 0. The summed E-state index contributed by atoms with van der Waals surface area (Å²) < 4.78 is 0.981. The minimum Gasteiger partial charge on any atom is -0.340 e. The standard InChI is InChI=1S/C17H16BrN5O/c1-22(11-14-9-5-6-10-15(14)18)16(24)12-23-20-17(19-21-23)13-7-3-2-4-8-13/h2-10H,11-12H2,1H3. The smallest absolute Gasteiger partial charge is 0.246 e. The zero-order valence-electron chi connectivity index (χ0n) is 13.1. The normalized spacial score (nSPS) is 10.6. The lowest BCUT2D eigenvalue weighted by atomic mass is 10.2. The fourth-order valence-electron chi connectivity index (χ4n) is 2.23. The summed E-state index contributed by atoms with van der Waals surface area (Å²) in [5.41, 5.74) is 1.92. The Morgan fingerprint density at radius 1 is 1.12 bits per heavy atom. The van der Waals surface area contributed by atoms with Crippen LogP contribution in [0.1, 0.15) is 5.56 Å². The molecule has 3 aromatic rings. The Hall–Kier alpha value is -2.54. The lowest BCUT2D eigenvalue weighted by Gasteiger charge is -2.17. The van der Waals surface area contributed by atoms with Crippen LogP contribution in [0.15, 0.2) is 59.1 Å². The van der Waals surface area contributed by atoms with Gasteiger partial charge in [-0.2, -0.15) is 4.80 Å². The molecule has 7 heteroatoms. The molecule has 2 aromatic carbocycles. The van der Waals surface area contributed by atoms with Gasteiger partial charge in [0.05, 0.1) is 0 Å². The molecule has 3 rings (SSSR count). The van der Waals surface area contributed by atoms with Crippen LogP contribution in [0.25, 0.3) is 11.4 Å². The molecule has 0 N–H and O–H groups in total. The van der Waals surface area contributed by atoms with E-state index in [-0.39, 0.29) is 12.5 Å². The third-order valence-electron chi connectivity index (χ3n) is 3.55. The highest BCUT2D eigenvalue weighted by Crippen LogP contribution is 2.17. The molecule has 122 valence electrons. The van der Waals surface area contributed by atoms with E-state index in [1.54, 1.807) is 11.9 Å². The Bertz CT molecular complexity index is 834. The Balaban J connectivity index is 1.65. The lowest BCUT2D eigenvalue weighted by Crippen LogP contribution is -2.30. The first-order valence-electron chi connectivity index (χ1n) is 7.44. The highest BCUT2D eigenvalue weighted by Gasteiger charge is 2.14. The van der Waals surface area contributed by atoms with Crippen LogP contribution < -0.4 is 0 Å². The van der Waals surface area contributed by atoms with Crippen molar-refractivity contribution in [1.29, 1.82) is 0 Å². The number of rotatable bonds is 5. The lowest BCUT2D eigenvalue weighted by molar-refractivity contribution is -0.131. The highest BCUT2D eigenvalue weighted by atomic mass is 79.9. The predicted octanol–water partition coefficient (Wildman–Crippen LogP) is 2.76. The average molecular weight is 386 g/mol. The van der Waals surface area contributed by atoms with E-state index in [9.17, 15) is 4.79 Å². The molecule has 0 radical (unpaired) electrons. The molecule has 0 aliphatic heterocycles. The fourth-order valence-corrected chi connectivity index (χ4v) is 2.64. The van der Waals surface area contributed by atoms with Gasteiger partial charge in [0.2, 0.25) is 11.7 Å². The summed E-state index contributed by atoms with van der Waals surface area (Å²) in [7, 11) is 1.76. The van der Waals surface area contributed by atoms with E-state index in [1.807, 2.05) is 54.6 Å². The zero-order valence-corrected chi connectivity index (χ0v) is 14.7. The van der Waals surface area contributed by atoms with Gasteiger partial charge in [-0.1, -0.05) is 64.5 Å². The minimum absolute atomic E-state index is 0.0563. The van der Waals surface area contributed by atoms with Crippen molar-refractivity contribution in [3.05, 3.63) is 64.6 Å². The van der Waals surface area contributed by atoms with Crippen molar-refractivity contribution in [2.24, 2.45) is 0 Å². The molecule has 24 heavy (non-hydrogen) atoms. The molecule has 0 atom stereocenters. The molecule has 0 unspecified atom stereocenters. The van der Waals surface area contributed by atoms with Gasteiger partial charge in [0.25, 0.3) is 0 Å². The molecule has 0 bridgehead atoms. The monoisotopic (exact) mass is 385 g/mol. The van der Waals surface area contributed by atoms with Gasteiger partial charge in [-0.25, -0.2) is 0 Å². The Labute approximate surface area is 148 Å². The van der Waals surface area contributed by atoms with Crippen molar-refractivity contribution in [2.45, 2.75) is 13.1 Å². The second-order valence-electron chi connectivity index (χ2n) is 5.35. The first-order valence-corrected chi connectivity index (χ1v) is 8.23. The molecule has 0 aliphatic carbocycles. The summed E-state index contributed by atoms with van der Waals surface area (Å²) >= 11 is 3.49. The van der Waals surface area contributed by atoms with Gasteiger partial charge >= 0.3 is 0 Å². The summed E-state index contributed by atoms with van der Waals surface area (Å²) in [5.74, 6) is 0.430. The molecule has 0 saturated carbocycles. The van der Waals surface area contributed by atoms with E-state index in [2.05, 4.69) is 31.3 Å². The first kappa shape index (κ1) is 16.3. The Morgan fingerprint density at radius 3 is 2.58 bits per heavy atom. The molecule has 1 aromatic heterocycles. The van der Waals surface area contributed by atoms with Crippen LogP contribution in [0, 0.1) is 0 Å². The van der Waals surface area contributed by atoms with Gasteiger partial charge in [-0.05, 0) is 16.8 Å². The number of carbonyl (C=O) groups excluding carboxylic acids is 1. The van der Waals surface area contributed by atoms with Gasteiger partial charge in [-0.3, -0.25) is 4.79 Å². The topological polar surface area (TPSA) is 63.9 Å². The SMILES string of the molecule is CN(Cc1ccccc1Br)C(=O)Cn1nnc(-c2ccccc2)n1. The van der Waals surface area contributed by atoms with Crippen LogP contribution in [0.3, 0.4) is 0 Å². The summed E-state index contributed by atoms with van der Waals surface area (Å²) in [6.45, 7) is 0.571. The molecule has 0 aliphatic rings. The molecule has 1 amide bonds. The van der Waals surface area contributed by atoms with E-state index in [4.69, 9.17) is 0 Å². The van der Waals surface area contributed by atoms with E-state index in [1.165, 1.54) is 4.80 Å². The minimum atomic E-state index is -0.0808. The summed E-state index contributed by atoms with van der Waals surface area (Å²) in [5, 5.41) is 12.2. The Kier molecular flexibility index (Phi) is 5.00. The summed E-state index contributed by atoms with van der Waals surface area (Å²) in [6.07, 6.45) is 0. The molecule has 0 saturated heterocycles. The summed E-state index contributed by atoms with van der Waals surface area (Å²) in [4.78, 5) is 15.3. The maximum atomic E-state index is 12.4. The largest absolute Gasteiger partial charge is 0.340 e. The molecule has 0 spiro atoms. The second kappa shape index (κ2) is 7.35. The maximum Gasteiger partial charge on any atom is 0.246 e. The number of tetrazole rings is 1. The Morgan fingerprint density at radius 2 is 1.83 bits per heavy atom. The van der Waals surface area contributed by atoms with Crippen molar-refractivity contribution < 1.29 is 4.79 Å². The number of carbonyl (C=O) groups is 1. The van der Waals surface area contributed by atoms with Crippen molar-refractivity contribution in [1.82, 2.24) is 25.1 Å². The number of halogens is 1. The van der Waals surface area contributed by atoms with Gasteiger partial charge in [-0.15, -0.1) is 10.2 Å². The van der Waals surface area contributed by atoms with Crippen LogP contribution in [-0.4, -0.2) is 38.1 Å². The number of nitrogens with zero attached hydrogens (tertiary/aromatic N) is 5. The maximum absolute atomic E-state index is 12.4.